The van der Waals surface area contributed by atoms with Gasteiger partial charge in [0.15, 0.2) is 0 Å². The molecule has 0 atom stereocenters. The highest BCUT2D eigenvalue weighted by molar-refractivity contribution is 8.02. The molecule has 1 aliphatic rings. The summed E-state index contributed by atoms with van der Waals surface area (Å²) in [7, 11) is 0. The lowest BCUT2D eigenvalue weighted by atomic mass is 10.2. The second kappa shape index (κ2) is 3.07. The van der Waals surface area contributed by atoms with Crippen LogP contribution in [0.4, 0.5) is 0 Å². The van der Waals surface area contributed by atoms with Gasteiger partial charge in [-0.05, 0) is 17.6 Å². The van der Waals surface area contributed by atoms with Gasteiger partial charge in [0, 0.05) is 10.5 Å². The van der Waals surface area contributed by atoms with Crippen molar-refractivity contribution in [2.45, 2.75) is 4.90 Å². The van der Waals surface area contributed by atoms with E-state index in [0.29, 0.717) is 5.76 Å². The van der Waals surface area contributed by atoms with Gasteiger partial charge in [-0.1, -0.05) is 36.0 Å². The molecule has 12 heavy (non-hydrogen) atoms. The van der Waals surface area contributed by atoms with E-state index in [1.54, 1.807) is 17.8 Å². The Balaban J connectivity index is 2.58. The van der Waals surface area contributed by atoms with E-state index in [9.17, 15) is 5.11 Å². The monoisotopic (exact) mass is 176 g/mol. The summed E-state index contributed by atoms with van der Waals surface area (Å²) < 4.78 is 0. The van der Waals surface area contributed by atoms with Crippen molar-refractivity contribution < 1.29 is 5.11 Å². The molecule has 0 radical (unpaired) electrons. The number of rotatable bonds is 0. The lowest BCUT2D eigenvalue weighted by Crippen LogP contribution is -1.83. The molecular formula is C10H8OS. The Kier molecular flexibility index (Phi) is 1.92. The normalized spacial score (nSPS) is 14.8. The molecule has 0 unspecified atom stereocenters. The predicted molar refractivity (Wildman–Crippen MR) is 52.0 cm³/mol. The quantitative estimate of drug-likeness (QED) is 0.655. The minimum absolute atomic E-state index is 0.340. The summed E-state index contributed by atoms with van der Waals surface area (Å²) in [6, 6.07) is 7.81. The zero-order chi connectivity index (χ0) is 8.39. The Morgan fingerprint density at radius 1 is 1.17 bits per heavy atom. The molecule has 1 aliphatic heterocycles. The summed E-state index contributed by atoms with van der Waals surface area (Å²) in [6.07, 6.45) is 3.55. The van der Waals surface area contributed by atoms with E-state index < -0.39 is 0 Å². The average molecular weight is 176 g/mol. The number of hydrogen-bond donors (Lipinski definition) is 1. The molecule has 0 spiro atoms. The van der Waals surface area contributed by atoms with Gasteiger partial charge in [-0.2, -0.15) is 0 Å². The van der Waals surface area contributed by atoms with E-state index in [2.05, 4.69) is 0 Å². The highest BCUT2D eigenvalue weighted by Gasteiger charge is 2.06. The van der Waals surface area contributed by atoms with E-state index in [0.717, 1.165) is 10.5 Å². The second-order valence-corrected chi connectivity index (χ2v) is 3.44. The summed E-state index contributed by atoms with van der Waals surface area (Å²) in [6.45, 7) is 0. The molecule has 1 N–H and O–H groups in total. The van der Waals surface area contributed by atoms with Crippen LogP contribution in [-0.2, 0) is 0 Å². The maximum absolute atomic E-state index is 9.54. The first kappa shape index (κ1) is 7.50. The molecule has 2 heteroatoms. The van der Waals surface area contributed by atoms with Gasteiger partial charge in [0.1, 0.15) is 5.76 Å². The van der Waals surface area contributed by atoms with Crippen molar-refractivity contribution in [3.05, 3.63) is 47.4 Å². The van der Waals surface area contributed by atoms with Crippen LogP contribution in [0.3, 0.4) is 0 Å². The summed E-state index contributed by atoms with van der Waals surface area (Å²) in [5.41, 5.74) is 0.910. The number of aliphatic hydroxyl groups is 1. The number of fused-ring (bicyclic) bond motifs is 1. The summed E-state index contributed by atoms with van der Waals surface area (Å²) >= 11 is 1.62. The van der Waals surface area contributed by atoms with Crippen molar-refractivity contribution in [1.29, 1.82) is 0 Å². The van der Waals surface area contributed by atoms with E-state index >= 15 is 0 Å². The predicted octanol–water partition coefficient (Wildman–Crippen LogP) is 3.20. The van der Waals surface area contributed by atoms with Crippen LogP contribution < -0.4 is 0 Å². The maximum atomic E-state index is 9.54. The lowest BCUT2D eigenvalue weighted by Gasteiger charge is -2.02. The number of thioether (sulfide) groups is 1. The molecule has 0 bridgehead atoms. The third-order valence-corrected chi connectivity index (χ3v) is 2.59. The lowest BCUT2D eigenvalue weighted by molar-refractivity contribution is 0.510. The topological polar surface area (TPSA) is 20.2 Å². The molecule has 1 heterocycles. The molecule has 0 fully saturated rings. The Morgan fingerprint density at radius 2 is 2.00 bits per heavy atom. The van der Waals surface area contributed by atoms with Gasteiger partial charge in [0.2, 0.25) is 0 Å². The van der Waals surface area contributed by atoms with Gasteiger partial charge >= 0.3 is 0 Å². The molecule has 1 aromatic rings. The molecule has 2 rings (SSSR count). The Bertz CT molecular complexity index is 353. The smallest absolute Gasteiger partial charge is 0.123 e. The van der Waals surface area contributed by atoms with Crippen LogP contribution >= 0.6 is 11.8 Å². The van der Waals surface area contributed by atoms with Crippen LogP contribution in [-0.4, -0.2) is 5.11 Å². The molecule has 60 valence electrons. The van der Waals surface area contributed by atoms with Gasteiger partial charge in [-0.25, -0.2) is 0 Å². The van der Waals surface area contributed by atoms with E-state index in [1.807, 2.05) is 35.7 Å². The molecule has 0 aliphatic carbocycles. The van der Waals surface area contributed by atoms with Crippen molar-refractivity contribution in [2.75, 3.05) is 0 Å². The fourth-order valence-electron chi connectivity index (χ4n) is 1.11. The van der Waals surface area contributed by atoms with Gasteiger partial charge in [-0.15, -0.1) is 0 Å². The first-order valence-corrected chi connectivity index (χ1v) is 4.58. The maximum Gasteiger partial charge on any atom is 0.123 e. The summed E-state index contributed by atoms with van der Waals surface area (Å²) in [4.78, 5) is 1.10. The van der Waals surface area contributed by atoms with Gasteiger partial charge < -0.3 is 5.11 Å². The van der Waals surface area contributed by atoms with E-state index in [1.165, 1.54) is 0 Å². The van der Waals surface area contributed by atoms with Crippen molar-refractivity contribution in [3.8, 4) is 0 Å². The fraction of sp³-hybridized carbons (Fsp3) is 0. The van der Waals surface area contributed by atoms with Crippen LogP contribution in [0, 0.1) is 0 Å². The van der Waals surface area contributed by atoms with Crippen molar-refractivity contribution in [3.63, 3.8) is 0 Å². The number of aliphatic hydroxyl groups excluding tert-OH is 1. The molecule has 0 saturated carbocycles. The molecule has 0 amide bonds. The summed E-state index contributed by atoms with van der Waals surface area (Å²) in [5, 5.41) is 11.5. The van der Waals surface area contributed by atoms with Crippen LogP contribution in [0.2, 0.25) is 0 Å². The zero-order valence-corrected chi connectivity index (χ0v) is 7.21. The molecule has 1 aromatic carbocycles. The number of hydrogen-bond acceptors (Lipinski definition) is 2. The largest absolute Gasteiger partial charge is 0.507 e. The minimum atomic E-state index is 0.340. The van der Waals surface area contributed by atoms with Gasteiger partial charge in [-0.3, -0.25) is 0 Å². The minimum Gasteiger partial charge on any atom is -0.507 e. The van der Waals surface area contributed by atoms with E-state index in [4.69, 9.17) is 0 Å². The highest BCUT2D eigenvalue weighted by atomic mass is 32.2. The average Bonchev–Trinajstić information content (AvgIpc) is 2.29. The van der Waals surface area contributed by atoms with Crippen LogP contribution in [0.25, 0.3) is 5.76 Å². The molecule has 0 aromatic heterocycles. The number of allylic oxidation sites excluding steroid dienone is 2. The second-order valence-electron chi connectivity index (χ2n) is 2.49. The third-order valence-electron chi connectivity index (χ3n) is 1.69. The third kappa shape index (κ3) is 1.25. The van der Waals surface area contributed by atoms with Crippen LogP contribution in [0.5, 0.6) is 0 Å². The van der Waals surface area contributed by atoms with Crippen molar-refractivity contribution in [1.82, 2.24) is 0 Å². The van der Waals surface area contributed by atoms with Crippen molar-refractivity contribution >= 4 is 17.5 Å². The molecule has 1 nitrogen and oxygen atoms in total. The van der Waals surface area contributed by atoms with Gasteiger partial charge in [0.25, 0.3) is 0 Å². The molecular weight excluding hydrogens is 168 g/mol. The summed E-state index contributed by atoms with van der Waals surface area (Å²) in [5.74, 6) is 0.340. The van der Waals surface area contributed by atoms with Gasteiger partial charge in [0.05, 0.1) is 0 Å². The number of benzene rings is 1. The Labute approximate surface area is 75.4 Å². The standard InChI is InChI=1S/C10H8OS/c11-9-5-3-7-12-10-6-2-1-4-8(9)10/h1-7,11H. The first-order chi connectivity index (χ1) is 5.88. The SMILES string of the molecule is OC1=CC=CSc2ccccc21. The Morgan fingerprint density at radius 3 is 2.92 bits per heavy atom. The highest BCUT2D eigenvalue weighted by Crippen LogP contribution is 2.29. The van der Waals surface area contributed by atoms with Crippen LogP contribution in [0.1, 0.15) is 5.56 Å². The fourth-order valence-corrected chi connectivity index (χ4v) is 1.87. The Hall–Kier alpha value is -1.15. The first-order valence-electron chi connectivity index (χ1n) is 3.70. The molecule has 0 saturated heterocycles. The van der Waals surface area contributed by atoms with Crippen molar-refractivity contribution in [2.24, 2.45) is 0 Å². The van der Waals surface area contributed by atoms with Crippen LogP contribution in [0.15, 0.2) is 46.7 Å². The zero-order valence-electron chi connectivity index (χ0n) is 6.40. The van der Waals surface area contributed by atoms with E-state index in [-0.39, 0.29) is 0 Å².